The highest BCUT2D eigenvalue weighted by molar-refractivity contribution is 5.69. The van der Waals surface area contributed by atoms with E-state index in [0.717, 1.165) is 0 Å². The molecular weight excluding hydrogens is 258 g/mol. The van der Waals surface area contributed by atoms with Crippen molar-refractivity contribution in [1.82, 2.24) is 14.9 Å². The lowest BCUT2D eigenvalue weighted by molar-refractivity contribution is 0.0131. The van der Waals surface area contributed by atoms with Gasteiger partial charge in [0.25, 0.3) is 5.56 Å². The summed E-state index contributed by atoms with van der Waals surface area (Å²) < 4.78 is 5.43. The van der Waals surface area contributed by atoms with Crippen LogP contribution in [0.5, 0.6) is 0 Å². The zero-order chi connectivity index (χ0) is 14.9. The second kappa shape index (κ2) is 5.26. The van der Waals surface area contributed by atoms with E-state index in [1.807, 2.05) is 27.7 Å². The van der Waals surface area contributed by atoms with Crippen molar-refractivity contribution in [1.29, 1.82) is 0 Å². The van der Waals surface area contributed by atoms with E-state index >= 15 is 0 Å². The Bertz CT molecular complexity index is 560. The average Bonchev–Trinajstić information content (AvgIpc) is 2.35. The van der Waals surface area contributed by atoms with Gasteiger partial charge in [-0.3, -0.25) is 9.69 Å². The Labute approximate surface area is 118 Å². The first-order valence-electron chi connectivity index (χ1n) is 6.89. The summed E-state index contributed by atoms with van der Waals surface area (Å²) in [4.78, 5) is 32.6. The van der Waals surface area contributed by atoms with Crippen molar-refractivity contribution in [3.63, 3.8) is 0 Å². The lowest BCUT2D eigenvalue weighted by atomic mass is 9.97. The second-order valence-electron chi connectivity index (χ2n) is 5.94. The van der Waals surface area contributed by atoms with E-state index in [0.29, 0.717) is 30.6 Å². The van der Waals surface area contributed by atoms with Crippen LogP contribution in [0.2, 0.25) is 0 Å². The fourth-order valence-electron chi connectivity index (χ4n) is 2.46. The molecule has 1 amide bonds. The molecule has 20 heavy (non-hydrogen) atoms. The number of carbonyl (C=O) groups excluding carboxylic acids is 1. The van der Waals surface area contributed by atoms with Crippen LogP contribution in [-0.4, -0.2) is 33.1 Å². The summed E-state index contributed by atoms with van der Waals surface area (Å²) in [5.74, 6) is 0. The molecule has 0 saturated heterocycles. The summed E-state index contributed by atoms with van der Waals surface area (Å²) in [6.45, 7) is 7.97. The summed E-state index contributed by atoms with van der Waals surface area (Å²) >= 11 is 0. The molecule has 1 N–H and O–H groups in total. The van der Waals surface area contributed by atoms with Gasteiger partial charge >= 0.3 is 6.09 Å². The maximum Gasteiger partial charge on any atom is 0.410 e. The number of ether oxygens (including phenoxy) is 1. The molecule has 1 aliphatic heterocycles. The highest BCUT2D eigenvalue weighted by Crippen LogP contribution is 2.29. The molecule has 0 aromatic carbocycles. The van der Waals surface area contributed by atoms with E-state index < -0.39 is 5.60 Å². The van der Waals surface area contributed by atoms with Crippen LogP contribution in [0.3, 0.4) is 0 Å². The predicted octanol–water partition coefficient (Wildman–Crippen LogP) is 2.01. The highest BCUT2D eigenvalue weighted by atomic mass is 16.6. The Balaban J connectivity index is 2.30. The molecule has 0 radical (unpaired) electrons. The largest absolute Gasteiger partial charge is 0.444 e. The summed E-state index contributed by atoms with van der Waals surface area (Å²) in [6.07, 6.45) is 2.25. The molecule has 0 aliphatic carbocycles. The number of hydrogen-bond acceptors (Lipinski definition) is 4. The molecule has 2 rings (SSSR count). The van der Waals surface area contributed by atoms with Crippen LogP contribution in [0.4, 0.5) is 4.79 Å². The van der Waals surface area contributed by atoms with Gasteiger partial charge in [0.2, 0.25) is 0 Å². The van der Waals surface area contributed by atoms with Crippen molar-refractivity contribution in [2.24, 2.45) is 0 Å². The summed E-state index contributed by atoms with van der Waals surface area (Å²) in [5.41, 5.74) is 0.724. The lowest BCUT2D eigenvalue weighted by Crippen LogP contribution is -2.44. The van der Waals surface area contributed by atoms with E-state index in [1.54, 1.807) is 4.90 Å². The Hall–Kier alpha value is -1.85. The van der Waals surface area contributed by atoms with Crippen LogP contribution in [0, 0.1) is 0 Å². The second-order valence-corrected chi connectivity index (χ2v) is 5.94. The fraction of sp³-hybridized carbons (Fsp3) is 0.643. The maximum absolute atomic E-state index is 12.3. The Morgan fingerprint density at radius 3 is 2.85 bits per heavy atom. The minimum atomic E-state index is -0.531. The van der Waals surface area contributed by atoms with Gasteiger partial charge in [-0.2, -0.15) is 0 Å². The Kier molecular flexibility index (Phi) is 3.83. The molecule has 0 spiro atoms. The molecule has 1 unspecified atom stereocenters. The molecular formula is C14H21N3O3. The molecule has 1 aliphatic rings. The van der Waals surface area contributed by atoms with E-state index in [9.17, 15) is 9.59 Å². The number of amides is 1. The molecule has 2 heterocycles. The zero-order valence-electron chi connectivity index (χ0n) is 12.4. The maximum atomic E-state index is 12.3. The monoisotopic (exact) mass is 279 g/mol. The third kappa shape index (κ3) is 2.84. The molecule has 110 valence electrons. The quantitative estimate of drug-likeness (QED) is 0.853. The topological polar surface area (TPSA) is 75.3 Å². The summed E-state index contributed by atoms with van der Waals surface area (Å²) in [5, 5.41) is 0. The van der Waals surface area contributed by atoms with Gasteiger partial charge in [-0.1, -0.05) is 6.92 Å². The third-order valence-electron chi connectivity index (χ3n) is 3.29. The molecule has 1 aromatic heterocycles. The van der Waals surface area contributed by atoms with Gasteiger partial charge in [0, 0.05) is 12.1 Å². The number of nitrogens with zero attached hydrogens (tertiary/aromatic N) is 2. The van der Waals surface area contributed by atoms with Gasteiger partial charge in [-0.15, -0.1) is 0 Å². The number of aromatic amines is 1. The van der Waals surface area contributed by atoms with Crippen LogP contribution in [0.15, 0.2) is 11.1 Å². The van der Waals surface area contributed by atoms with Gasteiger partial charge in [0.15, 0.2) is 0 Å². The smallest absolute Gasteiger partial charge is 0.410 e. The highest BCUT2D eigenvalue weighted by Gasteiger charge is 2.34. The summed E-state index contributed by atoms with van der Waals surface area (Å²) in [7, 11) is 0. The Morgan fingerprint density at radius 2 is 2.25 bits per heavy atom. The SMILES string of the molecule is CCC1c2nc[nH]c(=O)c2CCN1C(=O)OC(C)(C)C. The van der Waals surface area contributed by atoms with Gasteiger partial charge in [-0.05, 0) is 33.6 Å². The normalized spacial score (nSPS) is 18.6. The fourth-order valence-corrected chi connectivity index (χ4v) is 2.46. The van der Waals surface area contributed by atoms with Crippen molar-refractivity contribution >= 4 is 6.09 Å². The van der Waals surface area contributed by atoms with Gasteiger partial charge in [0.1, 0.15) is 5.60 Å². The van der Waals surface area contributed by atoms with Crippen molar-refractivity contribution < 1.29 is 9.53 Å². The van der Waals surface area contributed by atoms with Gasteiger partial charge in [-0.25, -0.2) is 9.78 Å². The standard InChI is InChI=1S/C14H21N3O3/c1-5-10-11-9(12(18)16-8-15-11)6-7-17(10)13(19)20-14(2,3)4/h8,10H,5-7H2,1-4H3,(H,15,16,18). The van der Waals surface area contributed by atoms with Gasteiger partial charge in [0.05, 0.1) is 18.1 Å². The molecule has 1 aromatic rings. The van der Waals surface area contributed by atoms with Crippen LogP contribution in [0.1, 0.15) is 51.4 Å². The molecule has 6 heteroatoms. The van der Waals surface area contributed by atoms with Crippen molar-refractivity contribution in [2.45, 2.75) is 52.2 Å². The van der Waals surface area contributed by atoms with E-state index in [4.69, 9.17) is 4.74 Å². The van der Waals surface area contributed by atoms with E-state index in [1.165, 1.54) is 6.33 Å². The number of carbonyl (C=O) groups is 1. The minimum Gasteiger partial charge on any atom is -0.444 e. The first kappa shape index (κ1) is 14.6. The number of nitrogens with one attached hydrogen (secondary N) is 1. The van der Waals surface area contributed by atoms with Crippen LogP contribution in [-0.2, 0) is 11.2 Å². The zero-order valence-corrected chi connectivity index (χ0v) is 12.4. The average molecular weight is 279 g/mol. The van der Waals surface area contributed by atoms with E-state index in [-0.39, 0.29) is 17.7 Å². The first-order chi connectivity index (χ1) is 9.33. The molecule has 6 nitrogen and oxygen atoms in total. The van der Waals surface area contributed by atoms with Gasteiger partial charge < -0.3 is 9.72 Å². The predicted molar refractivity (Wildman–Crippen MR) is 74.5 cm³/mol. The number of hydrogen-bond donors (Lipinski definition) is 1. The van der Waals surface area contributed by atoms with E-state index in [2.05, 4.69) is 9.97 Å². The number of aromatic nitrogens is 2. The minimum absolute atomic E-state index is 0.114. The molecule has 0 saturated carbocycles. The molecule has 0 bridgehead atoms. The Morgan fingerprint density at radius 1 is 1.55 bits per heavy atom. The van der Waals surface area contributed by atoms with Crippen LogP contribution < -0.4 is 5.56 Å². The number of rotatable bonds is 1. The number of fused-ring (bicyclic) bond motifs is 1. The van der Waals surface area contributed by atoms with Crippen molar-refractivity contribution in [2.75, 3.05) is 6.54 Å². The number of H-pyrrole nitrogens is 1. The summed E-state index contributed by atoms with van der Waals surface area (Å²) in [6, 6.07) is -0.198. The molecule has 1 atom stereocenters. The lowest BCUT2D eigenvalue weighted by Gasteiger charge is -2.36. The van der Waals surface area contributed by atoms with Crippen LogP contribution in [0.25, 0.3) is 0 Å². The first-order valence-corrected chi connectivity index (χ1v) is 6.89. The van der Waals surface area contributed by atoms with Crippen molar-refractivity contribution in [3.05, 3.63) is 27.9 Å². The van der Waals surface area contributed by atoms with Crippen LogP contribution >= 0.6 is 0 Å². The third-order valence-corrected chi connectivity index (χ3v) is 3.29. The molecule has 0 fully saturated rings. The van der Waals surface area contributed by atoms with Crippen molar-refractivity contribution in [3.8, 4) is 0 Å².